The molecule has 0 aliphatic heterocycles. The maximum absolute atomic E-state index is 14.8. The SMILES string of the molecule is CCCOc1c2cc(C(C)(C)C)cc1Cc1cc(C(C)(C)C)cc(c1[O-])Cc1cc(C(C)(C)C)cc(c1OCCC)Cc1cc(C(C)(C)C)cc(c1[O-])C2.CCC[O-].CCC[O-].[O-2].[O-2].[O-2].[V].[V]. The molecule has 0 spiro atoms. The minimum atomic E-state index is -0.171. The van der Waals surface area contributed by atoms with Gasteiger partial charge in [0.1, 0.15) is 11.5 Å². The molecule has 8 bridgehead atoms. The first kappa shape index (κ1) is 68.3. The molecule has 0 saturated carbocycles. The Bertz CT molecular complexity index is 1840. The van der Waals surface area contributed by atoms with Gasteiger partial charge in [0, 0.05) is 62.8 Å². The van der Waals surface area contributed by atoms with Crippen LogP contribution in [0.1, 0.15) is 203 Å². The fourth-order valence-corrected chi connectivity index (χ4v) is 7.40. The van der Waals surface area contributed by atoms with Crippen LogP contribution < -0.4 is 29.9 Å². The Morgan fingerprint density at radius 1 is 0.373 bits per heavy atom. The van der Waals surface area contributed by atoms with E-state index in [0.29, 0.717) is 38.9 Å². The number of benzene rings is 4. The van der Waals surface area contributed by atoms with Crippen molar-refractivity contribution in [3.8, 4) is 23.0 Å². The van der Waals surface area contributed by atoms with Crippen LogP contribution in [0, 0.1) is 0 Å². The summed E-state index contributed by atoms with van der Waals surface area (Å²) in [4.78, 5) is 0. The van der Waals surface area contributed by atoms with Crippen LogP contribution in [0.25, 0.3) is 0 Å². The molecular weight excluding hydrogens is 918 g/mol. The van der Waals surface area contributed by atoms with E-state index in [1.54, 1.807) is 0 Å². The van der Waals surface area contributed by atoms with Crippen LogP contribution in [0.2, 0.25) is 0 Å². The summed E-state index contributed by atoms with van der Waals surface area (Å²) in [6.07, 6.45) is 4.99. The largest absolute Gasteiger partial charge is 2.00 e. The molecule has 4 aromatic rings. The number of ether oxygens (including phenoxy) is 2. The summed E-state index contributed by atoms with van der Waals surface area (Å²) in [5, 5.41) is 48.3. The zero-order valence-electron chi connectivity index (χ0n) is 43.7. The fourth-order valence-electron chi connectivity index (χ4n) is 7.40. The predicted molar refractivity (Wildman–Crippen MR) is 255 cm³/mol. The third kappa shape index (κ3) is 19.1. The monoisotopic (exact) mass is 998 g/mol. The average Bonchev–Trinajstić information content (AvgIpc) is 3.18. The molecule has 0 saturated heterocycles. The van der Waals surface area contributed by atoms with Crippen LogP contribution in [-0.4, -0.2) is 26.4 Å². The Morgan fingerprint density at radius 3 is 0.701 bits per heavy atom. The van der Waals surface area contributed by atoms with Gasteiger partial charge in [0.05, 0.1) is 13.2 Å². The maximum atomic E-state index is 14.8. The smallest absolute Gasteiger partial charge is 0.126 e. The normalized spacial score (nSPS) is 12.1. The molecule has 0 heterocycles. The fraction of sp³-hybridized carbons (Fsp3) is 0.571. The molecule has 0 N–H and O–H groups in total. The molecule has 378 valence electrons. The Labute approximate surface area is 429 Å². The van der Waals surface area contributed by atoms with Gasteiger partial charge in [-0.25, -0.2) is 0 Å². The van der Waals surface area contributed by atoms with E-state index >= 15 is 0 Å². The molecule has 0 aromatic heterocycles. The molecule has 0 amide bonds. The van der Waals surface area contributed by atoms with Gasteiger partial charge in [-0.3, -0.25) is 0 Å². The third-order valence-corrected chi connectivity index (χ3v) is 11.3. The van der Waals surface area contributed by atoms with Gasteiger partial charge in [0.2, 0.25) is 0 Å². The van der Waals surface area contributed by atoms with Crippen molar-refractivity contribution < 1.29 is 83.4 Å². The standard InChI is InChI=1S/C50H68O4.2C3H7O.3O.2V/c1-15-17-53-45-35-19-31-23-39(47(3,4)5)25-33(43(31)51)21-37-29-42(50(12,13)14)30-38(46(37)54-18-16-2)22-34-26-40(48(6,7)8)24-32(44(34)52)20-36(45)28-41(27-35)49(9,10)11;2*1-2-3-4;;;;;/h23-30,51-52H,15-22H2,1-14H3;2*2-3H2,1H3;;;;;/q;2*-1;3*-2;;/p-2. The van der Waals surface area contributed by atoms with Gasteiger partial charge in [-0.2, -0.15) is 0 Å². The number of rotatable bonds is 8. The van der Waals surface area contributed by atoms with Crippen LogP contribution in [-0.2, 0) is 101 Å². The van der Waals surface area contributed by atoms with Crippen molar-refractivity contribution in [2.45, 2.75) is 184 Å². The summed E-state index contributed by atoms with van der Waals surface area (Å²) in [6, 6.07) is 17.5. The molecule has 9 nitrogen and oxygen atoms in total. The minimum Gasteiger partial charge on any atom is -2.00 e. The Hall–Kier alpha value is -2.95. The van der Waals surface area contributed by atoms with Crippen molar-refractivity contribution >= 4 is 0 Å². The molecule has 1 aliphatic carbocycles. The predicted octanol–water partition coefficient (Wildman–Crippen LogP) is 10.4. The average molecular weight is 999 g/mol. The molecule has 4 aromatic carbocycles. The summed E-state index contributed by atoms with van der Waals surface area (Å²) >= 11 is 0. The number of fused-ring (bicyclic) bond motifs is 8. The molecule has 67 heavy (non-hydrogen) atoms. The van der Waals surface area contributed by atoms with Crippen LogP contribution in [0.4, 0.5) is 0 Å². The van der Waals surface area contributed by atoms with Crippen molar-refractivity contribution in [3.63, 3.8) is 0 Å². The minimum absolute atomic E-state index is 0. The molecule has 5 rings (SSSR count). The molecule has 0 fully saturated rings. The topological polar surface area (TPSA) is 196 Å². The third-order valence-electron chi connectivity index (χ3n) is 11.3. The quantitative estimate of drug-likeness (QED) is 0.148. The van der Waals surface area contributed by atoms with Crippen molar-refractivity contribution in [3.05, 3.63) is 115 Å². The maximum Gasteiger partial charge on any atom is 0.126 e. The van der Waals surface area contributed by atoms with Crippen LogP contribution >= 0.6 is 0 Å². The first-order valence-corrected chi connectivity index (χ1v) is 23.2. The van der Waals surface area contributed by atoms with E-state index in [2.05, 4.69) is 145 Å². The molecule has 2 radical (unpaired) electrons. The van der Waals surface area contributed by atoms with Crippen LogP contribution in [0.3, 0.4) is 0 Å². The summed E-state index contributed by atoms with van der Waals surface area (Å²) < 4.78 is 13.3. The summed E-state index contributed by atoms with van der Waals surface area (Å²) in [5.74, 6) is 1.75. The van der Waals surface area contributed by atoms with Crippen molar-refractivity contribution in [2.75, 3.05) is 26.4 Å². The Morgan fingerprint density at radius 2 is 0.552 bits per heavy atom. The number of hydrogen-bond acceptors (Lipinski definition) is 6. The Balaban J connectivity index is -0.00000292. The summed E-state index contributed by atoms with van der Waals surface area (Å²) in [5.41, 5.74) is 11.0. The second-order valence-electron chi connectivity index (χ2n) is 21.3. The van der Waals surface area contributed by atoms with Crippen LogP contribution in [0.5, 0.6) is 23.0 Å². The van der Waals surface area contributed by atoms with Gasteiger partial charge in [-0.1, -0.05) is 194 Å². The molecule has 0 atom stereocenters. The van der Waals surface area contributed by atoms with Crippen LogP contribution in [0.15, 0.2) is 48.5 Å². The van der Waals surface area contributed by atoms with Gasteiger partial charge in [0.25, 0.3) is 0 Å². The van der Waals surface area contributed by atoms with Gasteiger partial charge >= 0.3 is 0 Å². The zero-order valence-corrected chi connectivity index (χ0v) is 46.5. The van der Waals surface area contributed by atoms with E-state index < -0.39 is 0 Å². The summed E-state index contributed by atoms with van der Waals surface area (Å²) in [7, 11) is 0. The van der Waals surface area contributed by atoms with Gasteiger partial charge in [-0.15, -0.1) is 24.7 Å². The first-order valence-electron chi connectivity index (χ1n) is 23.2. The number of hydrogen-bond donors (Lipinski definition) is 0. The van der Waals surface area contributed by atoms with E-state index in [9.17, 15) is 20.4 Å². The van der Waals surface area contributed by atoms with E-state index in [4.69, 9.17) is 9.47 Å². The van der Waals surface area contributed by atoms with Crippen molar-refractivity contribution in [1.29, 1.82) is 0 Å². The van der Waals surface area contributed by atoms with E-state index in [-0.39, 0.29) is 99.9 Å². The second kappa shape index (κ2) is 29.3. The van der Waals surface area contributed by atoms with E-state index in [1.165, 1.54) is 11.1 Å². The van der Waals surface area contributed by atoms with Gasteiger partial charge in [0.15, 0.2) is 0 Å². The van der Waals surface area contributed by atoms with Gasteiger partial charge < -0.3 is 46.3 Å². The first-order chi connectivity index (χ1) is 28.8. The summed E-state index contributed by atoms with van der Waals surface area (Å²) in [6.45, 7) is 35.8. The molecule has 11 heteroatoms. The molecule has 1 aliphatic rings. The van der Waals surface area contributed by atoms with Crippen molar-refractivity contribution in [1.82, 2.24) is 0 Å². The Kier molecular flexibility index (Phi) is 29.9. The molecule has 0 unspecified atom stereocenters. The second-order valence-corrected chi connectivity index (χ2v) is 21.3. The zero-order chi connectivity index (χ0) is 46.8. The molecular formula is C56H80O9V2-10. The van der Waals surface area contributed by atoms with Crippen molar-refractivity contribution in [2.24, 2.45) is 0 Å². The van der Waals surface area contributed by atoms with Gasteiger partial charge in [-0.05, 0) is 79.0 Å². The van der Waals surface area contributed by atoms with E-state index in [1.807, 2.05) is 13.8 Å². The van der Waals surface area contributed by atoms with E-state index in [0.717, 1.165) is 92.8 Å².